The molecule has 0 atom stereocenters. The number of thiazole rings is 1. The molecule has 2 aromatic heterocycles. The van der Waals surface area contributed by atoms with Crippen molar-refractivity contribution in [3.63, 3.8) is 0 Å². The van der Waals surface area contributed by atoms with Crippen molar-refractivity contribution in [2.75, 3.05) is 6.54 Å². The fourth-order valence-electron chi connectivity index (χ4n) is 2.10. The topological polar surface area (TPSA) is 85.6 Å². The van der Waals surface area contributed by atoms with E-state index in [1.807, 2.05) is 0 Å². The lowest BCUT2D eigenvalue weighted by Crippen LogP contribution is -2.30. The lowest BCUT2D eigenvalue weighted by atomic mass is 10.3. The molecule has 1 aliphatic rings. The van der Waals surface area contributed by atoms with Crippen LogP contribution in [0.2, 0.25) is 0 Å². The number of tetrazole rings is 1. The van der Waals surface area contributed by atoms with Gasteiger partial charge in [-0.15, -0.1) is 21.5 Å². The maximum Gasteiger partial charge on any atom is 0.243 e. The van der Waals surface area contributed by atoms with Crippen LogP contribution in [0, 0.1) is 0 Å². The molecule has 100 valence electrons. The molecule has 1 N–H and O–H groups in total. The highest BCUT2D eigenvalue weighted by Gasteiger charge is 2.16. The van der Waals surface area contributed by atoms with Crippen molar-refractivity contribution >= 4 is 17.2 Å². The highest BCUT2D eigenvalue weighted by Crippen LogP contribution is 2.27. The summed E-state index contributed by atoms with van der Waals surface area (Å²) in [7, 11) is 0. The smallest absolute Gasteiger partial charge is 0.243 e. The van der Waals surface area contributed by atoms with Gasteiger partial charge in [-0.2, -0.15) is 4.80 Å². The Kier molecular flexibility index (Phi) is 3.49. The average molecular weight is 278 g/mol. The monoisotopic (exact) mass is 278 g/mol. The maximum atomic E-state index is 11.6. The quantitative estimate of drug-likeness (QED) is 0.830. The summed E-state index contributed by atoms with van der Waals surface area (Å²) in [6.07, 6.45) is 5.60. The number of hydrogen-bond donors (Lipinski definition) is 1. The van der Waals surface area contributed by atoms with Gasteiger partial charge in [0, 0.05) is 17.8 Å². The lowest BCUT2D eigenvalue weighted by molar-refractivity contribution is -0.122. The fraction of sp³-hybridized carbons (Fsp3) is 0.545. The first-order valence-corrected chi connectivity index (χ1v) is 7.08. The van der Waals surface area contributed by atoms with Gasteiger partial charge >= 0.3 is 0 Å². The van der Waals surface area contributed by atoms with Gasteiger partial charge in [-0.05, 0) is 24.5 Å². The number of hydrogen-bond acceptors (Lipinski definition) is 6. The van der Waals surface area contributed by atoms with Crippen LogP contribution in [0.1, 0.15) is 22.0 Å². The molecule has 2 heterocycles. The molecular weight excluding hydrogens is 264 g/mol. The van der Waals surface area contributed by atoms with E-state index in [9.17, 15) is 4.79 Å². The summed E-state index contributed by atoms with van der Waals surface area (Å²) >= 11 is 1.78. The van der Waals surface area contributed by atoms with Crippen molar-refractivity contribution in [2.45, 2.75) is 32.2 Å². The Hall–Kier alpha value is -1.83. The van der Waals surface area contributed by atoms with Crippen molar-refractivity contribution in [3.8, 4) is 0 Å². The van der Waals surface area contributed by atoms with E-state index in [2.05, 4.69) is 25.7 Å². The largest absolute Gasteiger partial charge is 0.354 e. The zero-order valence-corrected chi connectivity index (χ0v) is 11.2. The van der Waals surface area contributed by atoms with Gasteiger partial charge in [0.2, 0.25) is 5.91 Å². The van der Waals surface area contributed by atoms with Gasteiger partial charge in [-0.1, -0.05) is 0 Å². The standard InChI is InChI=1S/C11H14N6OS/c18-10(6-17-14-7-13-16-17)12-5-4-11-15-8-2-1-3-9(8)19-11/h7H,1-6H2,(H,12,18). The van der Waals surface area contributed by atoms with E-state index in [0.717, 1.165) is 24.3 Å². The lowest BCUT2D eigenvalue weighted by Gasteiger charge is -2.02. The molecule has 8 heteroatoms. The van der Waals surface area contributed by atoms with Gasteiger partial charge in [0.05, 0.1) is 10.7 Å². The maximum absolute atomic E-state index is 11.6. The molecule has 1 aliphatic carbocycles. The molecule has 0 aromatic carbocycles. The first-order chi connectivity index (χ1) is 9.31. The van der Waals surface area contributed by atoms with Crippen molar-refractivity contribution < 1.29 is 4.79 Å². The number of rotatable bonds is 5. The fourth-order valence-corrected chi connectivity index (χ4v) is 3.26. The van der Waals surface area contributed by atoms with Gasteiger partial charge in [0.1, 0.15) is 6.54 Å². The van der Waals surface area contributed by atoms with E-state index in [-0.39, 0.29) is 12.5 Å². The normalized spacial score (nSPS) is 13.5. The summed E-state index contributed by atoms with van der Waals surface area (Å²) in [4.78, 5) is 18.9. The minimum atomic E-state index is -0.109. The Morgan fingerprint density at radius 1 is 1.47 bits per heavy atom. The second-order valence-corrected chi connectivity index (χ2v) is 5.57. The zero-order valence-electron chi connectivity index (χ0n) is 10.4. The Labute approximate surface area is 114 Å². The minimum absolute atomic E-state index is 0.106. The molecule has 3 rings (SSSR count). The second kappa shape index (κ2) is 5.43. The summed E-state index contributed by atoms with van der Waals surface area (Å²) in [6, 6.07) is 0. The molecule has 0 unspecified atom stereocenters. The number of carbonyl (C=O) groups excluding carboxylic acids is 1. The summed E-state index contributed by atoms with van der Waals surface area (Å²) in [6.45, 7) is 0.703. The van der Waals surface area contributed by atoms with E-state index < -0.39 is 0 Å². The zero-order chi connectivity index (χ0) is 13.1. The number of nitrogens with one attached hydrogen (secondary N) is 1. The number of aryl methyl sites for hydroxylation is 2. The molecule has 0 spiro atoms. The van der Waals surface area contributed by atoms with Crippen LogP contribution in [0.15, 0.2) is 6.33 Å². The molecule has 1 amide bonds. The van der Waals surface area contributed by atoms with Crippen molar-refractivity contribution in [1.29, 1.82) is 0 Å². The van der Waals surface area contributed by atoms with Crippen LogP contribution in [-0.4, -0.2) is 37.6 Å². The van der Waals surface area contributed by atoms with E-state index in [1.165, 1.54) is 28.1 Å². The SMILES string of the molecule is O=C(Cn1ncnn1)NCCc1nc2c(s1)CCC2. The molecular formula is C11H14N6OS. The Morgan fingerprint density at radius 3 is 3.21 bits per heavy atom. The molecule has 0 radical (unpaired) electrons. The summed E-state index contributed by atoms with van der Waals surface area (Å²) < 4.78 is 0. The van der Waals surface area contributed by atoms with E-state index in [4.69, 9.17) is 0 Å². The van der Waals surface area contributed by atoms with E-state index in [0.29, 0.717) is 6.54 Å². The molecule has 7 nitrogen and oxygen atoms in total. The van der Waals surface area contributed by atoms with Gasteiger partial charge in [0.15, 0.2) is 6.33 Å². The number of carbonyl (C=O) groups is 1. The highest BCUT2D eigenvalue weighted by atomic mass is 32.1. The Morgan fingerprint density at radius 2 is 2.42 bits per heavy atom. The minimum Gasteiger partial charge on any atom is -0.354 e. The predicted molar refractivity (Wildman–Crippen MR) is 68.7 cm³/mol. The van der Waals surface area contributed by atoms with Crippen LogP contribution in [0.4, 0.5) is 0 Å². The van der Waals surface area contributed by atoms with Crippen molar-refractivity contribution in [3.05, 3.63) is 21.9 Å². The summed E-state index contributed by atoms with van der Waals surface area (Å²) in [5.74, 6) is -0.109. The third-order valence-electron chi connectivity index (χ3n) is 2.98. The average Bonchev–Trinajstić information content (AvgIpc) is 3.04. The first kappa shape index (κ1) is 12.2. The van der Waals surface area contributed by atoms with Crippen LogP contribution in [0.3, 0.4) is 0 Å². The third-order valence-corrected chi connectivity index (χ3v) is 4.19. The summed E-state index contributed by atoms with van der Waals surface area (Å²) in [5, 5.41) is 14.9. The molecule has 0 saturated carbocycles. The van der Waals surface area contributed by atoms with Crippen LogP contribution in [0.5, 0.6) is 0 Å². The second-order valence-electron chi connectivity index (χ2n) is 4.40. The Bertz CT molecular complexity index is 542. The Balaban J connectivity index is 1.43. The van der Waals surface area contributed by atoms with Crippen LogP contribution >= 0.6 is 11.3 Å². The molecule has 0 aliphatic heterocycles. The van der Waals surface area contributed by atoms with Crippen molar-refractivity contribution in [1.82, 2.24) is 30.5 Å². The number of fused-ring (bicyclic) bond motifs is 1. The number of aromatic nitrogens is 5. The number of nitrogens with zero attached hydrogens (tertiary/aromatic N) is 5. The molecule has 19 heavy (non-hydrogen) atoms. The van der Waals surface area contributed by atoms with E-state index in [1.54, 1.807) is 11.3 Å². The van der Waals surface area contributed by atoms with Gasteiger partial charge < -0.3 is 5.32 Å². The first-order valence-electron chi connectivity index (χ1n) is 6.26. The van der Waals surface area contributed by atoms with Crippen molar-refractivity contribution in [2.24, 2.45) is 0 Å². The van der Waals surface area contributed by atoms with E-state index >= 15 is 0 Å². The third kappa shape index (κ3) is 2.95. The highest BCUT2D eigenvalue weighted by molar-refractivity contribution is 7.11. The van der Waals surface area contributed by atoms with Gasteiger partial charge in [-0.3, -0.25) is 4.79 Å². The van der Waals surface area contributed by atoms with Crippen LogP contribution < -0.4 is 5.32 Å². The predicted octanol–water partition coefficient (Wildman–Crippen LogP) is -0.0228. The summed E-state index contributed by atoms with van der Waals surface area (Å²) in [5.41, 5.74) is 1.26. The molecule has 0 bridgehead atoms. The van der Waals surface area contributed by atoms with Crippen LogP contribution in [-0.2, 0) is 30.6 Å². The van der Waals surface area contributed by atoms with Crippen LogP contribution in [0.25, 0.3) is 0 Å². The van der Waals surface area contributed by atoms with Gasteiger partial charge in [-0.25, -0.2) is 4.98 Å². The van der Waals surface area contributed by atoms with Gasteiger partial charge in [0.25, 0.3) is 0 Å². The molecule has 0 fully saturated rings. The molecule has 2 aromatic rings. The molecule has 0 saturated heterocycles. The number of amides is 1.